The Morgan fingerprint density at radius 2 is 1.90 bits per heavy atom. The first kappa shape index (κ1) is 22.7. The van der Waals surface area contributed by atoms with Crippen molar-refractivity contribution in [3.05, 3.63) is 18.0 Å². The predicted molar refractivity (Wildman–Crippen MR) is 110 cm³/mol. The van der Waals surface area contributed by atoms with Crippen molar-refractivity contribution in [3.8, 4) is 10.6 Å². The molecule has 2 aromatic heterocycles. The first-order valence-corrected chi connectivity index (χ1v) is 12.0. The van der Waals surface area contributed by atoms with Crippen molar-refractivity contribution in [1.82, 2.24) is 19.3 Å². The lowest BCUT2D eigenvalue weighted by Gasteiger charge is -2.30. The Balaban J connectivity index is 1.80. The van der Waals surface area contributed by atoms with Gasteiger partial charge < -0.3 is 10.6 Å². The number of rotatable bonds is 6. The van der Waals surface area contributed by atoms with Gasteiger partial charge in [0.1, 0.15) is 0 Å². The average molecular weight is 465 g/mol. The highest BCUT2D eigenvalue weighted by Crippen LogP contribution is 2.41. The number of anilines is 2. The molecule has 3 rings (SSSR count). The van der Waals surface area contributed by atoms with Crippen LogP contribution in [0, 0.1) is 0 Å². The van der Waals surface area contributed by atoms with Crippen LogP contribution < -0.4 is 10.6 Å². The van der Waals surface area contributed by atoms with E-state index in [0.29, 0.717) is 25.9 Å². The van der Waals surface area contributed by atoms with Crippen LogP contribution in [0.5, 0.6) is 0 Å². The topological polar surface area (TPSA) is 100 Å². The molecule has 0 bridgehead atoms. The Hall–Kier alpha value is -1.99. The van der Waals surface area contributed by atoms with Crippen LogP contribution in [0.3, 0.4) is 0 Å². The molecule has 1 fully saturated rings. The second kappa shape index (κ2) is 8.63. The van der Waals surface area contributed by atoms with E-state index >= 15 is 0 Å². The van der Waals surface area contributed by atoms with Crippen molar-refractivity contribution in [2.75, 3.05) is 30.0 Å². The van der Waals surface area contributed by atoms with Gasteiger partial charge in [-0.2, -0.15) is 13.2 Å². The molecule has 166 valence electrons. The molecular weight excluding hydrogens is 441 g/mol. The summed E-state index contributed by atoms with van der Waals surface area (Å²) in [6.07, 6.45) is -0.941. The summed E-state index contributed by atoms with van der Waals surface area (Å²) in [5, 5.41) is 6.18. The third-order valence-corrected chi connectivity index (χ3v) is 6.76. The van der Waals surface area contributed by atoms with E-state index in [9.17, 15) is 21.6 Å². The molecule has 0 atom stereocenters. The fourth-order valence-corrected chi connectivity index (χ4v) is 5.04. The first-order chi connectivity index (χ1) is 13.9. The summed E-state index contributed by atoms with van der Waals surface area (Å²) >= 11 is 0.892. The highest BCUT2D eigenvalue weighted by Gasteiger charge is 2.38. The molecule has 0 amide bonds. The van der Waals surface area contributed by atoms with Crippen LogP contribution in [0.15, 0.2) is 12.3 Å². The summed E-state index contributed by atoms with van der Waals surface area (Å²) in [6, 6.07) is 1.28. The molecule has 1 saturated heterocycles. The number of alkyl halides is 3. The van der Waals surface area contributed by atoms with Crippen LogP contribution in [-0.4, -0.2) is 59.1 Å². The van der Waals surface area contributed by atoms with Crippen LogP contribution in [0.2, 0.25) is 0 Å². The van der Waals surface area contributed by atoms with Gasteiger partial charge in [0.25, 0.3) is 0 Å². The minimum absolute atomic E-state index is 0.0643. The van der Waals surface area contributed by atoms with Crippen molar-refractivity contribution in [2.24, 2.45) is 0 Å². The maximum absolute atomic E-state index is 13.5. The summed E-state index contributed by atoms with van der Waals surface area (Å²) in [4.78, 5) is 12.0. The second-order valence-corrected chi connectivity index (χ2v) is 10.3. The maximum atomic E-state index is 13.5. The molecule has 2 N–H and O–H groups in total. The van der Waals surface area contributed by atoms with Crippen LogP contribution in [0.1, 0.15) is 32.4 Å². The summed E-state index contributed by atoms with van der Waals surface area (Å²) < 4.78 is 65.1. The molecule has 30 heavy (non-hydrogen) atoms. The zero-order chi connectivity index (χ0) is 22.1. The van der Waals surface area contributed by atoms with E-state index in [4.69, 9.17) is 0 Å². The minimum Gasteiger partial charge on any atom is -0.359 e. The zero-order valence-corrected chi connectivity index (χ0v) is 18.3. The fraction of sp³-hybridized carbons (Fsp3) is 0.588. The van der Waals surface area contributed by atoms with E-state index in [1.165, 1.54) is 22.8 Å². The number of thiazole rings is 1. The number of hydrogen-bond donors (Lipinski definition) is 2. The average Bonchev–Trinajstić information content (AvgIpc) is 3.05. The highest BCUT2D eigenvalue weighted by atomic mass is 32.2. The molecule has 0 aromatic carbocycles. The highest BCUT2D eigenvalue weighted by molar-refractivity contribution is 7.88. The molecule has 0 unspecified atom stereocenters. The Labute approximate surface area is 177 Å². The van der Waals surface area contributed by atoms with Gasteiger partial charge >= 0.3 is 6.18 Å². The van der Waals surface area contributed by atoms with Crippen molar-refractivity contribution >= 4 is 32.4 Å². The number of sulfonamides is 1. The molecule has 0 radical (unpaired) electrons. The minimum atomic E-state index is -4.61. The lowest BCUT2D eigenvalue weighted by atomic mass is 10.1. The lowest BCUT2D eigenvalue weighted by molar-refractivity contribution is -0.140. The molecule has 0 spiro atoms. The number of aromatic nitrogens is 3. The zero-order valence-electron chi connectivity index (χ0n) is 16.7. The van der Waals surface area contributed by atoms with Gasteiger partial charge in [0.15, 0.2) is 10.8 Å². The molecule has 3 heterocycles. The van der Waals surface area contributed by atoms with Crippen molar-refractivity contribution in [1.29, 1.82) is 0 Å². The van der Waals surface area contributed by atoms with E-state index in [2.05, 4.69) is 25.6 Å². The first-order valence-electron chi connectivity index (χ1n) is 9.33. The van der Waals surface area contributed by atoms with Gasteiger partial charge in [0, 0.05) is 31.4 Å². The van der Waals surface area contributed by atoms with E-state index < -0.39 is 21.9 Å². The second-order valence-electron chi connectivity index (χ2n) is 7.34. The van der Waals surface area contributed by atoms with Gasteiger partial charge in [-0.05, 0) is 32.8 Å². The predicted octanol–water partition coefficient (Wildman–Crippen LogP) is 3.28. The third kappa shape index (κ3) is 5.58. The molecule has 0 aliphatic carbocycles. The van der Waals surface area contributed by atoms with Gasteiger partial charge in [-0.15, -0.1) is 0 Å². The smallest absolute Gasteiger partial charge is 0.359 e. The third-order valence-electron chi connectivity index (χ3n) is 4.45. The van der Waals surface area contributed by atoms with E-state index in [1.54, 1.807) is 0 Å². The van der Waals surface area contributed by atoms with Gasteiger partial charge in [-0.3, -0.25) is 0 Å². The van der Waals surface area contributed by atoms with Crippen LogP contribution in [-0.2, 0) is 16.2 Å². The molecule has 8 nitrogen and oxygen atoms in total. The molecule has 13 heteroatoms. The SMILES string of the molecule is CC(C)Nc1nc(C(F)(F)F)c(-c2ccnc(NC3CCN(S(C)(=O)=O)CC3)n2)s1. The Morgan fingerprint density at radius 3 is 2.47 bits per heavy atom. The lowest BCUT2D eigenvalue weighted by Crippen LogP contribution is -2.42. The summed E-state index contributed by atoms with van der Waals surface area (Å²) in [5.41, 5.74) is -0.857. The van der Waals surface area contributed by atoms with Crippen LogP contribution in [0.25, 0.3) is 10.6 Å². The van der Waals surface area contributed by atoms with Gasteiger partial charge in [-0.1, -0.05) is 11.3 Å². The molecule has 2 aromatic rings. The maximum Gasteiger partial charge on any atom is 0.434 e. The number of nitrogens with one attached hydrogen (secondary N) is 2. The number of piperidine rings is 1. The molecule has 1 aliphatic rings. The van der Waals surface area contributed by atoms with Crippen LogP contribution >= 0.6 is 11.3 Å². The van der Waals surface area contributed by atoms with Crippen molar-refractivity contribution in [2.45, 2.75) is 44.9 Å². The Kier molecular flexibility index (Phi) is 6.53. The van der Waals surface area contributed by atoms with Crippen molar-refractivity contribution < 1.29 is 21.6 Å². The number of halogens is 3. The standard InChI is InChI=1S/C17H23F3N6O2S2/c1-10(2)22-16-25-14(17(18,19)20)13(29-16)12-4-7-21-15(24-12)23-11-5-8-26(9-6-11)30(3,27)28/h4,7,10-11H,5-6,8-9H2,1-3H3,(H,22,25)(H,21,23,24). The van der Waals surface area contributed by atoms with Gasteiger partial charge in [-0.25, -0.2) is 27.7 Å². The van der Waals surface area contributed by atoms with Crippen molar-refractivity contribution in [3.63, 3.8) is 0 Å². The quantitative estimate of drug-likeness (QED) is 0.677. The van der Waals surface area contributed by atoms with Gasteiger partial charge in [0.05, 0.1) is 16.8 Å². The largest absolute Gasteiger partial charge is 0.434 e. The van der Waals surface area contributed by atoms with Crippen LogP contribution in [0.4, 0.5) is 24.3 Å². The normalized spacial score (nSPS) is 16.8. The van der Waals surface area contributed by atoms with E-state index in [0.717, 1.165) is 11.3 Å². The summed E-state index contributed by atoms with van der Waals surface area (Å²) in [6.45, 7) is 4.37. The number of hydrogen-bond acceptors (Lipinski definition) is 8. The van der Waals surface area contributed by atoms with E-state index in [1.807, 2.05) is 13.8 Å². The van der Waals surface area contributed by atoms with Gasteiger partial charge in [0.2, 0.25) is 16.0 Å². The fourth-order valence-electron chi connectivity index (χ4n) is 3.06. The summed E-state index contributed by atoms with van der Waals surface area (Å²) in [5.74, 6) is 0.199. The molecule has 0 saturated carbocycles. The molecule has 1 aliphatic heterocycles. The van der Waals surface area contributed by atoms with E-state index in [-0.39, 0.29) is 33.7 Å². The number of nitrogens with zero attached hydrogens (tertiary/aromatic N) is 4. The summed E-state index contributed by atoms with van der Waals surface area (Å²) in [7, 11) is -3.23. The monoisotopic (exact) mass is 464 g/mol. The molecular formula is C17H23F3N6O2S2. The Bertz CT molecular complexity index is 986. The Morgan fingerprint density at radius 1 is 1.23 bits per heavy atom.